The molecule has 2 N–H and O–H groups in total. The molecular formula is C12H14BrNO3. The van der Waals surface area contributed by atoms with E-state index in [1.54, 1.807) is 19.1 Å². The molecule has 0 spiro atoms. The van der Waals surface area contributed by atoms with Gasteiger partial charge in [-0.05, 0) is 47.0 Å². The molecule has 0 unspecified atom stereocenters. The van der Waals surface area contributed by atoms with Crippen LogP contribution in [0.15, 0.2) is 22.7 Å². The number of amides is 1. The van der Waals surface area contributed by atoms with E-state index >= 15 is 0 Å². The first kappa shape index (κ1) is 13.7. The molecule has 0 saturated heterocycles. The normalized spacial score (nSPS) is 11.9. The van der Waals surface area contributed by atoms with E-state index in [4.69, 9.17) is 5.11 Å². The Morgan fingerprint density at radius 3 is 2.59 bits per heavy atom. The van der Waals surface area contributed by atoms with E-state index in [0.717, 1.165) is 5.56 Å². The summed E-state index contributed by atoms with van der Waals surface area (Å²) in [7, 11) is 0. The molecule has 0 fully saturated rings. The number of nitrogens with one attached hydrogen (secondary N) is 1. The van der Waals surface area contributed by atoms with E-state index < -0.39 is 12.0 Å². The maximum Gasteiger partial charge on any atom is 0.326 e. The van der Waals surface area contributed by atoms with Gasteiger partial charge in [0.15, 0.2) is 0 Å². The van der Waals surface area contributed by atoms with E-state index in [2.05, 4.69) is 21.2 Å². The van der Waals surface area contributed by atoms with Crippen LogP contribution in [-0.2, 0) is 4.79 Å². The highest BCUT2D eigenvalue weighted by Crippen LogP contribution is 2.18. The van der Waals surface area contributed by atoms with E-state index in [1.807, 2.05) is 13.0 Å². The summed E-state index contributed by atoms with van der Waals surface area (Å²) in [6.07, 6.45) is 0.352. The third kappa shape index (κ3) is 3.56. The molecule has 4 nitrogen and oxygen atoms in total. The summed E-state index contributed by atoms with van der Waals surface area (Å²) in [6.45, 7) is 3.63. The molecule has 0 radical (unpaired) electrons. The fourth-order valence-electron chi connectivity index (χ4n) is 1.38. The molecule has 0 aromatic heterocycles. The van der Waals surface area contributed by atoms with E-state index in [0.29, 0.717) is 16.5 Å². The largest absolute Gasteiger partial charge is 0.480 e. The van der Waals surface area contributed by atoms with Gasteiger partial charge in [0.05, 0.1) is 5.56 Å². The molecule has 0 heterocycles. The molecule has 5 heteroatoms. The molecule has 1 aromatic rings. The van der Waals surface area contributed by atoms with Crippen molar-refractivity contribution < 1.29 is 14.7 Å². The second-order valence-corrected chi connectivity index (χ2v) is 4.61. The topological polar surface area (TPSA) is 66.4 Å². The Hall–Kier alpha value is -1.36. The van der Waals surface area contributed by atoms with Crippen molar-refractivity contribution in [2.45, 2.75) is 26.3 Å². The zero-order valence-electron chi connectivity index (χ0n) is 9.66. The summed E-state index contributed by atoms with van der Waals surface area (Å²) in [5.74, 6) is -1.41. The highest BCUT2D eigenvalue weighted by Gasteiger charge is 2.19. The monoisotopic (exact) mass is 299 g/mol. The van der Waals surface area contributed by atoms with E-state index in [9.17, 15) is 9.59 Å². The lowest BCUT2D eigenvalue weighted by Crippen LogP contribution is -2.40. The summed E-state index contributed by atoms with van der Waals surface area (Å²) in [4.78, 5) is 22.7. The van der Waals surface area contributed by atoms with Gasteiger partial charge >= 0.3 is 5.97 Å². The number of carboxylic acid groups (broad SMARTS) is 1. The Bertz CT molecular complexity index is 445. The Kier molecular flexibility index (Phi) is 4.69. The molecule has 1 amide bonds. The van der Waals surface area contributed by atoms with Crippen molar-refractivity contribution >= 4 is 27.8 Å². The van der Waals surface area contributed by atoms with Crippen LogP contribution in [0.1, 0.15) is 29.3 Å². The number of halogens is 1. The quantitative estimate of drug-likeness (QED) is 0.897. The van der Waals surface area contributed by atoms with Gasteiger partial charge in [-0.3, -0.25) is 4.79 Å². The summed E-state index contributed by atoms with van der Waals surface area (Å²) in [5.41, 5.74) is 1.47. The molecule has 92 valence electrons. The van der Waals surface area contributed by atoms with Gasteiger partial charge in [0.2, 0.25) is 0 Å². The molecule has 1 atom stereocenters. The van der Waals surface area contributed by atoms with Gasteiger partial charge in [-0.15, -0.1) is 0 Å². The number of carbonyl (C=O) groups excluding carboxylic acids is 1. The van der Waals surface area contributed by atoms with E-state index in [1.165, 1.54) is 0 Å². The zero-order valence-corrected chi connectivity index (χ0v) is 11.2. The Labute approximate surface area is 108 Å². The second kappa shape index (κ2) is 5.82. The van der Waals surface area contributed by atoms with Crippen molar-refractivity contribution in [3.05, 3.63) is 33.8 Å². The van der Waals surface area contributed by atoms with Crippen molar-refractivity contribution in [3.63, 3.8) is 0 Å². The third-order valence-corrected chi connectivity index (χ3v) is 3.04. The molecule has 1 rings (SSSR count). The summed E-state index contributed by atoms with van der Waals surface area (Å²) in [5, 5.41) is 11.3. The minimum absolute atomic E-state index is 0.352. The minimum atomic E-state index is -1.02. The van der Waals surface area contributed by atoms with Crippen molar-refractivity contribution in [2.24, 2.45) is 0 Å². The molecule has 0 bridgehead atoms. The van der Waals surface area contributed by atoms with Crippen molar-refractivity contribution in [1.29, 1.82) is 0 Å². The molecule has 0 saturated carbocycles. The van der Waals surface area contributed by atoms with Crippen LogP contribution < -0.4 is 5.32 Å². The summed E-state index contributed by atoms with van der Waals surface area (Å²) >= 11 is 3.29. The van der Waals surface area contributed by atoms with Crippen LogP contribution in [0.2, 0.25) is 0 Å². The number of benzene rings is 1. The molecule has 17 heavy (non-hydrogen) atoms. The maximum absolute atomic E-state index is 11.8. The predicted octanol–water partition coefficient (Wildman–Crippen LogP) is 2.35. The smallest absolute Gasteiger partial charge is 0.326 e. The van der Waals surface area contributed by atoms with Gasteiger partial charge in [0.25, 0.3) is 5.91 Å². The van der Waals surface area contributed by atoms with Gasteiger partial charge in [0.1, 0.15) is 6.04 Å². The third-order valence-electron chi connectivity index (χ3n) is 2.38. The van der Waals surface area contributed by atoms with Crippen LogP contribution in [0.5, 0.6) is 0 Å². The number of rotatable bonds is 4. The van der Waals surface area contributed by atoms with Crippen molar-refractivity contribution in [3.8, 4) is 0 Å². The first-order valence-electron chi connectivity index (χ1n) is 5.25. The lowest BCUT2D eigenvalue weighted by molar-refractivity contribution is -0.139. The molecule has 0 aliphatic heterocycles. The predicted molar refractivity (Wildman–Crippen MR) is 68.1 cm³/mol. The average molecular weight is 300 g/mol. The lowest BCUT2D eigenvalue weighted by Gasteiger charge is -2.13. The molecule has 0 aliphatic carbocycles. The Balaban J connectivity index is 2.86. The van der Waals surface area contributed by atoms with Crippen LogP contribution >= 0.6 is 15.9 Å². The van der Waals surface area contributed by atoms with Gasteiger partial charge in [0, 0.05) is 4.47 Å². The van der Waals surface area contributed by atoms with Crippen molar-refractivity contribution in [1.82, 2.24) is 5.32 Å². The van der Waals surface area contributed by atoms with Crippen LogP contribution in [-0.4, -0.2) is 23.0 Å². The van der Waals surface area contributed by atoms with Crippen LogP contribution in [0.4, 0.5) is 0 Å². The number of hydrogen-bond acceptors (Lipinski definition) is 2. The Morgan fingerprint density at radius 2 is 2.12 bits per heavy atom. The van der Waals surface area contributed by atoms with Gasteiger partial charge in [-0.25, -0.2) is 4.79 Å². The zero-order chi connectivity index (χ0) is 13.0. The second-order valence-electron chi connectivity index (χ2n) is 3.76. The fourth-order valence-corrected chi connectivity index (χ4v) is 2.05. The van der Waals surface area contributed by atoms with Crippen LogP contribution in [0.3, 0.4) is 0 Å². The minimum Gasteiger partial charge on any atom is -0.480 e. The molecular weight excluding hydrogens is 286 g/mol. The van der Waals surface area contributed by atoms with Gasteiger partial charge in [-0.1, -0.05) is 13.0 Å². The van der Waals surface area contributed by atoms with E-state index in [-0.39, 0.29) is 5.91 Å². The van der Waals surface area contributed by atoms with Gasteiger partial charge < -0.3 is 10.4 Å². The van der Waals surface area contributed by atoms with Gasteiger partial charge in [-0.2, -0.15) is 0 Å². The lowest BCUT2D eigenvalue weighted by atomic mass is 10.1. The highest BCUT2D eigenvalue weighted by atomic mass is 79.9. The highest BCUT2D eigenvalue weighted by molar-refractivity contribution is 9.10. The standard InChI is InChI=1S/C12H14BrNO3/c1-3-10(12(16)17)14-11(15)8-5-4-7(2)6-9(8)13/h4-6,10H,3H2,1-2H3,(H,14,15)(H,16,17)/t10-/m1/s1. The number of aryl methyl sites for hydroxylation is 1. The summed E-state index contributed by atoms with van der Waals surface area (Å²) < 4.78 is 0.662. The SMILES string of the molecule is CC[C@@H](NC(=O)c1ccc(C)cc1Br)C(=O)O. The Morgan fingerprint density at radius 1 is 1.47 bits per heavy atom. The first-order valence-corrected chi connectivity index (χ1v) is 6.04. The fraction of sp³-hybridized carbons (Fsp3) is 0.333. The number of carbonyl (C=O) groups is 2. The number of carboxylic acids is 1. The molecule has 1 aromatic carbocycles. The van der Waals surface area contributed by atoms with Crippen molar-refractivity contribution in [2.75, 3.05) is 0 Å². The number of aliphatic carboxylic acids is 1. The first-order chi connectivity index (χ1) is 7.95. The maximum atomic E-state index is 11.8. The van der Waals surface area contributed by atoms with Crippen LogP contribution in [0.25, 0.3) is 0 Å². The molecule has 0 aliphatic rings. The summed E-state index contributed by atoms with van der Waals surface area (Å²) in [6, 6.07) is 4.44. The van der Waals surface area contributed by atoms with Crippen LogP contribution in [0, 0.1) is 6.92 Å². The number of hydrogen-bond donors (Lipinski definition) is 2. The average Bonchev–Trinajstić information content (AvgIpc) is 2.24.